The van der Waals surface area contributed by atoms with Crippen LogP contribution >= 0.6 is 11.8 Å². The van der Waals surface area contributed by atoms with E-state index in [9.17, 15) is 13.2 Å². The van der Waals surface area contributed by atoms with Crippen molar-refractivity contribution in [2.24, 2.45) is 5.73 Å². The molecule has 0 saturated carbocycles. The van der Waals surface area contributed by atoms with Crippen molar-refractivity contribution in [2.75, 3.05) is 5.75 Å². The molecule has 1 heterocycles. The summed E-state index contributed by atoms with van der Waals surface area (Å²) in [5.41, 5.74) is 2.39. The minimum atomic E-state index is -4.16. The van der Waals surface area contributed by atoms with Crippen LogP contribution in [0.1, 0.15) is 12.5 Å². The third-order valence-corrected chi connectivity index (χ3v) is 2.54. The summed E-state index contributed by atoms with van der Waals surface area (Å²) < 4.78 is 37.1. The average Bonchev–Trinajstić information content (AvgIpc) is 2.49. The Morgan fingerprint density at radius 2 is 2.25 bits per heavy atom. The first-order valence-electron chi connectivity index (χ1n) is 4.84. The van der Waals surface area contributed by atoms with Crippen LogP contribution in [-0.4, -0.2) is 27.1 Å². The second kappa shape index (κ2) is 5.58. The summed E-state index contributed by atoms with van der Waals surface area (Å²) in [6.45, 7) is 2.12. The Morgan fingerprint density at radius 1 is 1.56 bits per heavy atom. The van der Waals surface area contributed by atoms with Gasteiger partial charge in [-0.05, 0) is 30.7 Å². The molecular weight excluding hydrogens is 239 g/mol. The van der Waals surface area contributed by atoms with Crippen LogP contribution in [0.3, 0.4) is 0 Å². The van der Waals surface area contributed by atoms with E-state index >= 15 is 0 Å². The lowest BCUT2D eigenvalue weighted by atomic mass is 10.1. The van der Waals surface area contributed by atoms with Gasteiger partial charge in [0, 0.05) is 18.0 Å². The lowest BCUT2D eigenvalue weighted by molar-refractivity contribution is -0.0328. The molecule has 2 N–H and O–H groups in total. The first-order chi connectivity index (χ1) is 7.37. The highest BCUT2D eigenvalue weighted by atomic mass is 32.2. The molecule has 1 aromatic heterocycles. The van der Waals surface area contributed by atoms with Crippen molar-refractivity contribution in [2.45, 2.75) is 31.4 Å². The quantitative estimate of drug-likeness (QED) is 0.873. The Hall–Kier alpha value is -0.690. The van der Waals surface area contributed by atoms with Crippen molar-refractivity contribution < 1.29 is 13.2 Å². The number of aromatic nitrogens is 2. The van der Waals surface area contributed by atoms with Gasteiger partial charge in [-0.1, -0.05) is 0 Å². The van der Waals surface area contributed by atoms with E-state index in [-0.39, 0.29) is 30.1 Å². The number of hydrogen-bond acceptors (Lipinski definition) is 3. The van der Waals surface area contributed by atoms with Crippen LogP contribution < -0.4 is 5.73 Å². The molecule has 3 nitrogen and oxygen atoms in total. The predicted molar refractivity (Wildman–Crippen MR) is 58.1 cm³/mol. The van der Waals surface area contributed by atoms with Crippen molar-refractivity contribution in [3.8, 4) is 0 Å². The zero-order valence-corrected chi connectivity index (χ0v) is 9.68. The zero-order valence-electron chi connectivity index (χ0n) is 8.87. The van der Waals surface area contributed by atoms with Gasteiger partial charge < -0.3 is 5.73 Å². The molecule has 0 fully saturated rings. The fraction of sp³-hybridized carbons (Fsp3) is 0.667. The fourth-order valence-electron chi connectivity index (χ4n) is 1.26. The molecule has 0 aromatic carbocycles. The molecule has 1 atom stereocenters. The van der Waals surface area contributed by atoms with E-state index in [2.05, 4.69) is 5.10 Å². The summed E-state index contributed by atoms with van der Waals surface area (Å²) in [4.78, 5) is 0. The third kappa shape index (κ3) is 5.41. The van der Waals surface area contributed by atoms with Gasteiger partial charge in [0.05, 0.1) is 12.7 Å². The Morgan fingerprint density at radius 3 is 2.81 bits per heavy atom. The van der Waals surface area contributed by atoms with Crippen molar-refractivity contribution in [3.63, 3.8) is 0 Å². The van der Waals surface area contributed by atoms with E-state index in [0.717, 1.165) is 5.56 Å². The second-order valence-electron chi connectivity index (χ2n) is 3.59. The van der Waals surface area contributed by atoms with E-state index in [1.807, 2.05) is 6.92 Å². The summed E-state index contributed by atoms with van der Waals surface area (Å²) in [6.07, 6.45) is 4.06. The molecule has 0 aliphatic heterocycles. The van der Waals surface area contributed by atoms with Crippen molar-refractivity contribution in [3.05, 3.63) is 18.0 Å². The molecule has 1 rings (SSSR count). The van der Waals surface area contributed by atoms with E-state index in [0.29, 0.717) is 6.42 Å². The van der Waals surface area contributed by atoms with Gasteiger partial charge >= 0.3 is 5.51 Å². The first-order valence-corrected chi connectivity index (χ1v) is 5.83. The predicted octanol–water partition coefficient (Wildman–Crippen LogP) is 2.03. The molecule has 16 heavy (non-hydrogen) atoms. The van der Waals surface area contributed by atoms with Gasteiger partial charge in [0.1, 0.15) is 0 Å². The van der Waals surface area contributed by atoms with E-state index in [4.69, 9.17) is 5.73 Å². The van der Waals surface area contributed by atoms with Gasteiger partial charge in [-0.2, -0.15) is 18.3 Å². The van der Waals surface area contributed by atoms with Gasteiger partial charge in [-0.3, -0.25) is 4.68 Å². The molecule has 0 aliphatic rings. The topological polar surface area (TPSA) is 43.8 Å². The van der Waals surface area contributed by atoms with Crippen LogP contribution in [0.15, 0.2) is 12.4 Å². The van der Waals surface area contributed by atoms with Crippen molar-refractivity contribution in [1.29, 1.82) is 0 Å². The first kappa shape index (κ1) is 13.4. The van der Waals surface area contributed by atoms with Crippen molar-refractivity contribution in [1.82, 2.24) is 9.78 Å². The number of rotatable bonds is 5. The van der Waals surface area contributed by atoms with E-state index < -0.39 is 5.51 Å². The third-order valence-electron chi connectivity index (χ3n) is 1.83. The largest absolute Gasteiger partial charge is 0.441 e. The highest BCUT2D eigenvalue weighted by Crippen LogP contribution is 2.29. The number of hydrogen-bond donors (Lipinski definition) is 1. The maximum atomic E-state index is 11.9. The van der Waals surface area contributed by atoms with Crippen LogP contribution in [-0.2, 0) is 13.0 Å². The Labute approximate surface area is 96.2 Å². The maximum Gasteiger partial charge on any atom is 0.441 e. The zero-order chi connectivity index (χ0) is 12.2. The normalized spacial score (nSPS) is 14.1. The van der Waals surface area contributed by atoms with Crippen LogP contribution in [0.5, 0.6) is 0 Å². The average molecular weight is 253 g/mol. The number of nitrogens with zero attached hydrogens (tertiary/aromatic N) is 2. The molecule has 0 aliphatic carbocycles. The van der Waals surface area contributed by atoms with Crippen molar-refractivity contribution >= 4 is 11.8 Å². The lowest BCUT2D eigenvalue weighted by Gasteiger charge is -2.05. The van der Waals surface area contributed by atoms with Gasteiger partial charge in [-0.25, -0.2) is 0 Å². The van der Waals surface area contributed by atoms with E-state index in [1.165, 1.54) is 4.68 Å². The summed E-state index contributed by atoms with van der Waals surface area (Å²) in [6, 6.07) is 0.0298. The Balaban J connectivity index is 2.35. The molecule has 0 radical (unpaired) electrons. The molecular formula is C9H14F3N3S. The van der Waals surface area contributed by atoms with Crippen LogP contribution in [0.25, 0.3) is 0 Å². The Kier molecular flexibility index (Phi) is 4.67. The molecule has 1 unspecified atom stereocenters. The second-order valence-corrected chi connectivity index (χ2v) is 4.75. The van der Waals surface area contributed by atoms with Crippen LogP contribution in [0.4, 0.5) is 13.2 Å². The van der Waals surface area contributed by atoms with E-state index in [1.54, 1.807) is 12.4 Å². The summed E-state index contributed by atoms with van der Waals surface area (Å²) >= 11 is -0.0340. The monoisotopic (exact) mass is 253 g/mol. The van der Waals surface area contributed by atoms with Gasteiger partial charge in [0.15, 0.2) is 0 Å². The SMILES string of the molecule is CC(N)Cc1cnn(CCSC(F)(F)F)c1. The number of thioether (sulfide) groups is 1. The van der Waals surface area contributed by atoms with Gasteiger partial charge in [0.2, 0.25) is 0 Å². The minimum absolute atomic E-state index is 0.0250. The molecule has 1 aromatic rings. The van der Waals surface area contributed by atoms with Gasteiger partial charge in [-0.15, -0.1) is 0 Å². The fourth-order valence-corrected chi connectivity index (χ4v) is 1.77. The Bertz CT molecular complexity index is 322. The molecule has 0 spiro atoms. The van der Waals surface area contributed by atoms with Crippen LogP contribution in [0.2, 0.25) is 0 Å². The highest BCUT2D eigenvalue weighted by molar-refractivity contribution is 8.00. The number of alkyl halides is 3. The minimum Gasteiger partial charge on any atom is -0.328 e. The number of halogens is 3. The number of aryl methyl sites for hydroxylation is 1. The number of nitrogens with two attached hydrogens (primary N) is 1. The summed E-state index contributed by atoms with van der Waals surface area (Å²) in [5, 5.41) is 3.97. The van der Waals surface area contributed by atoms with Crippen LogP contribution in [0, 0.1) is 0 Å². The maximum absolute atomic E-state index is 11.9. The molecule has 7 heteroatoms. The smallest absolute Gasteiger partial charge is 0.328 e. The molecule has 92 valence electrons. The molecule has 0 amide bonds. The molecule has 0 saturated heterocycles. The lowest BCUT2D eigenvalue weighted by Crippen LogP contribution is -2.17. The molecule has 0 bridgehead atoms. The summed E-state index contributed by atoms with van der Waals surface area (Å²) in [7, 11) is 0. The highest BCUT2D eigenvalue weighted by Gasteiger charge is 2.27. The standard InChI is InChI=1S/C9H14F3N3S/c1-7(13)4-8-5-14-15(6-8)2-3-16-9(10,11)12/h5-7H,2-4,13H2,1H3. The van der Waals surface area contributed by atoms with Gasteiger partial charge in [0.25, 0.3) is 0 Å². The summed E-state index contributed by atoms with van der Waals surface area (Å²) in [5.74, 6) is -0.0250.